The SMILES string of the molecule is Fc1cc(Cl)cnc1NC(CCl)c1ccccc1. The molecule has 0 aliphatic heterocycles. The van der Waals surface area contributed by atoms with Crippen molar-refractivity contribution in [3.8, 4) is 0 Å². The van der Waals surface area contributed by atoms with E-state index in [4.69, 9.17) is 23.2 Å². The van der Waals surface area contributed by atoms with Gasteiger partial charge in [0.2, 0.25) is 0 Å². The molecule has 2 aromatic rings. The summed E-state index contributed by atoms with van der Waals surface area (Å²) in [4.78, 5) is 3.91. The van der Waals surface area contributed by atoms with E-state index in [2.05, 4.69) is 10.3 Å². The number of pyridine rings is 1. The molecule has 0 fully saturated rings. The van der Waals surface area contributed by atoms with Crippen molar-refractivity contribution in [2.45, 2.75) is 6.04 Å². The summed E-state index contributed by atoms with van der Waals surface area (Å²) < 4.78 is 13.6. The summed E-state index contributed by atoms with van der Waals surface area (Å²) in [6, 6.07) is 10.6. The van der Waals surface area contributed by atoms with Crippen molar-refractivity contribution in [3.63, 3.8) is 0 Å². The number of hydrogen-bond acceptors (Lipinski definition) is 2. The average molecular weight is 285 g/mol. The summed E-state index contributed by atoms with van der Waals surface area (Å²) in [6.07, 6.45) is 1.39. The first kappa shape index (κ1) is 13.1. The summed E-state index contributed by atoms with van der Waals surface area (Å²) in [5.41, 5.74) is 0.976. The first-order valence-corrected chi connectivity index (χ1v) is 6.30. The summed E-state index contributed by atoms with van der Waals surface area (Å²) >= 11 is 11.5. The third kappa shape index (κ3) is 3.12. The molecule has 1 atom stereocenters. The zero-order valence-corrected chi connectivity index (χ0v) is 10.9. The van der Waals surface area contributed by atoms with Crippen LogP contribution in [0.25, 0.3) is 0 Å². The van der Waals surface area contributed by atoms with Gasteiger partial charge in [0.1, 0.15) is 0 Å². The minimum atomic E-state index is -0.492. The maximum atomic E-state index is 13.6. The Labute approximate surface area is 115 Å². The Morgan fingerprint density at radius 2 is 2.00 bits per heavy atom. The second-order valence-corrected chi connectivity index (χ2v) is 4.49. The molecule has 0 amide bonds. The lowest BCUT2D eigenvalue weighted by atomic mass is 10.1. The van der Waals surface area contributed by atoms with E-state index in [1.807, 2.05) is 30.3 Å². The Morgan fingerprint density at radius 1 is 1.28 bits per heavy atom. The third-order valence-corrected chi connectivity index (χ3v) is 2.99. The van der Waals surface area contributed by atoms with Crippen LogP contribution in [0.4, 0.5) is 10.2 Å². The summed E-state index contributed by atoms with van der Waals surface area (Å²) in [7, 11) is 0. The topological polar surface area (TPSA) is 24.9 Å². The highest BCUT2D eigenvalue weighted by atomic mass is 35.5. The first-order chi connectivity index (χ1) is 8.70. The number of rotatable bonds is 4. The smallest absolute Gasteiger partial charge is 0.166 e. The molecule has 5 heteroatoms. The van der Waals surface area contributed by atoms with Gasteiger partial charge >= 0.3 is 0 Å². The van der Waals surface area contributed by atoms with Crippen LogP contribution in [0.5, 0.6) is 0 Å². The third-order valence-electron chi connectivity index (χ3n) is 2.48. The molecule has 2 nitrogen and oxygen atoms in total. The van der Waals surface area contributed by atoms with Crippen LogP contribution >= 0.6 is 23.2 Å². The van der Waals surface area contributed by atoms with E-state index in [0.29, 0.717) is 5.88 Å². The zero-order valence-electron chi connectivity index (χ0n) is 9.41. The number of aromatic nitrogens is 1. The van der Waals surface area contributed by atoms with E-state index in [0.717, 1.165) is 5.56 Å². The fourth-order valence-corrected chi connectivity index (χ4v) is 1.98. The van der Waals surface area contributed by atoms with Gasteiger partial charge < -0.3 is 5.32 Å². The van der Waals surface area contributed by atoms with Gasteiger partial charge in [-0.3, -0.25) is 0 Å². The molecule has 0 saturated heterocycles. The summed E-state index contributed by atoms with van der Waals surface area (Å²) in [6.45, 7) is 0. The molecule has 1 heterocycles. The van der Waals surface area contributed by atoms with Crippen LogP contribution in [0.2, 0.25) is 5.02 Å². The van der Waals surface area contributed by atoms with Gasteiger partial charge in [-0.05, 0) is 11.6 Å². The monoisotopic (exact) mass is 284 g/mol. The van der Waals surface area contributed by atoms with Gasteiger partial charge in [-0.1, -0.05) is 41.9 Å². The maximum absolute atomic E-state index is 13.6. The van der Waals surface area contributed by atoms with Gasteiger partial charge in [-0.15, -0.1) is 11.6 Å². The quantitative estimate of drug-likeness (QED) is 0.849. The Hall–Kier alpha value is -1.32. The molecule has 1 aromatic carbocycles. The standard InChI is InChI=1S/C13H11Cl2FN2/c14-7-12(9-4-2-1-3-5-9)18-13-11(16)6-10(15)8-17-13/h1-6,8,12H,7H2,(H,17,18). The van der Waals surface area contributed by atoms with Gasteiger partial charge in [-0.2, -0.15) is 0 Å². The number of alkyl halides is 1. The molecule has 0 saturated carbocycles. The molecule has 0 spiro atoms. The predicted molar refractivity (Wildman–Crippen MR) is 72.7 cm³/mol. The number of hydrogen-bond donors (Lipinski definition) is 1. The Morgan fingerprint density at radius 3 is 2.61 bits per heavy atom. The summed E-state index contributed by atoms with van der Waals surface area (Å²) in [5.74, 6) is -0.0317. The summed E-state index contributed by atoms with van der Waals surface area (Å²) in [5, 5.41) is 3.23. The second kappa shape index (κ2) is 6.03. The Balaban J connectivity index is 2.21. The van der Waals surface area contributed by atoms with Gasteiger partial charge in [0.05, 0.1) is 11.1 Å². The van der Waals surface area contributed by atoms with E-state index >= 15 is 0 Å². The minimum Gasteiger partial charge on any atom is -0.360 e. The zero-order chi connectivity index (χ0) is 13.0. The number of anilines is 1. The molecule has 18 heavy (non-hydrogen) atoms. The maximum Gasteiger partial charge on any atom is 0.166 e. The van der Waals surface area contributed by atoms with Gasteiger partial charge in [-0.25, -0.2) is 9.37 Å². The second-order valence-electron chi connectivity index (χ2n) is 3.75. The lowest BCUT2D eigenvalue weighted by molar-refractivity contribution is 0.621. The van der Waals surface area contributed by atoms with Crippen LogP contribution in [-0.4, -0.2) is 10.9 Å². The van der Waals surface area contributed by atoms with Crippen molar-refractivity contribution in [2.75, 3.05) is 11.2 Å². The number of halogens is 3. The molecule has 0 radical (unpaired) electrons. The first-order valence-electron chi connectivity index (χ1n) is 5.39. The fourth-order valence-electron chi connectivity index (χ4n) is 1.58. The minimum absolute atomic E-state index is 0.147. The van der Waals surface area contributed by atoms with E-state index in [9.17, 15) is 4.39 Å². The molecule has 94 valence electrons. The van der Waals surface area contributed by atoms with Crippen molar-refractivity contribution in [1.82, 2.24) is 4.98 Å². The predicted octanol–water partition coefficient (Wildman–Crippen LogP) is 4.27. The van der Waals surface area contributed by atoms with Crippen molar-refractivity contribution in [1.29, 1.82) is 0 Å². The highest BCUT2D eigenvalue weighted by molar-refractivity contribution is 6.30. The fraction of sp³-hybridized carbons (Fsp3) is 0.154. The van der Waals surface area contributed by atoms with E-state index < -0.39 is 5.82 Å². The van der Waals surface area contributed by atoms with Crippen LogP contribution in [0.3, 0.4) is 0 Å². The molecular formula is C13H11Cl2FN2. The van der Waals surface area contributed by atoms with Crippen molar-refractivity contribution < 1.29 is 4.39 Å². The average Bonchev–Trinajstić information content (AvgIpc) is 2.39. The van der Waals surface area contributed by atoms with Crippen LogP contribution in [0.15, 0.2) is 42.6 Å². The lowest BCUT2D eigenvalue weighted by Gasteiger charge is -2.17. The number of benzene rings is 1. The molecular weight excluding hydrogens is 274 g/mol. The van der Waals surface area contributed by atoms with Crippen molar-refractivity contribution in [3.05, 3.63) is 59.0 Å². The Kier molecular flexibility index (Phi) is 4.39. The van der Waals surface area contributed by atoms with E-state index in [1.165, 1.54) is 12.3 Å². The van der Waals surface area contributed by atoms with Gasteiger partial charge in [0.25, 0.3) is 0 Å². The highest BCUT2D eigenvalue weighted by Gasteiger charge is 2.13. The largest absolute Gasteiger partial charge is 0.360 e. The van der Waals surface area contributed by atoms with Crippen LogP contribution in [-0.2, 0) is 0 Å². The normalized spacial score (nSPS) is 12.2. The van der Waals surface area contributed by atoms with Gasteiger partial charge in [0.15, 0.2) is 11.6 Å². The molecule has 1 N–H and O–H groups in total. The van der Waals surface area contributed by atoms with Crippen LogP contribution < -0.4 is 5.32 Å². The number of nitrogens with one attached hydrogen (secondary N) is 1. The molecule has 1 unspecified atom stereocenters. The van der Waals surface area contributed by atoms with Crippen LogP contribution in [0.1, 0.15) is 11.6 Å². The van der Waals surface area contributed by atoms with Crippen molar-refractivity contribution >= 4 is 29.0 Å². The van der Waals surface area contributed by atoms with E-state index in [1.54, 1.807) is 0 Å². The lowest BCUT2D eigenvalue weighted by Crippen LogP contribution is -2.14. The van der Waals surface area contributed by atoms with Crippen LogP contribution in [0, 0.1) is 5.82 Å². The molecule has 0 aliphatic rings. The molecule has 0 aliphatic carbocycles. The van der Waals surface area contributed by atoms with Crippen molar-refractivity contribution in [2.24, 2.45) is 0 Å². The highest BCUT2D eigenvalue weighted by Crippen LogP contribution is 2.22. The molecule has 2 rings (SSSR count). The molecule has 0 bridgehead atoms. The Bertz CT molecular complexity index is 520. The van der Waals surface area contributed by atoms with Gasteiger partial charge in [0, 0.05) is 12.1 Å². The van der Waals surface area contributed by atoms with E-state index in [-0.39, 0.29) is 16.9 Å². The molecule has 1 aromatic heterocycles. The number of nitrogens with zero attached hydrogens (tertiary/aromatic N) is 1.